The third-order valence-corrected chi connectivity index (χ3v) is 2.92. The quantitative estimate of drug-likeness (QED) is 0.753. The number of rotatable bonds is 8. The lowest BCUT2D eigenvalue weighted by atomic mass is 10.0. The van der Waals surface area contributed by atoms with E-state index in [1.54, 1.807) is 33.5 Å². The molecule has 0 fully saturated rings. The summed E-state index contributed by atoms with van der Waals surface area (Å²) < 4.78 is 16.0. The van der Waals surface area contributed by atoms with Crippen LogP contribution in [0.5, 0.6) is 17.2 Å². The van der Waals surface area contributed by atoms with Crippen molar-refractivity contribution in [2.45, 2.75) is 19.4 Å². The number of benzene rings is 1. The van der Waals surface area contributed by atoms with Crippen molar-refractivity contribution >= 4 is 0 Å². The van der Waals surface area contributed by atoms with Crippen LogP contribution in [-0.2, 0) is 0 Å². The van der Waals surface area contributed by atoms with Gasteiger partial charge in [-0.05, 0) is 13.0 Å². The summed E-state index contributed by atoms with van der Waals surface area (Å²) >= 11 is 0. The molecule has 1 aromatic carbocycles. The van der Waals surface area contributed by atoms with Gasteiger partial charge in [0.1, 0.15) is 17.2 Å². The van der Waals surface area contributed by atoms with Crippen LogP contribution in [0.15, 0.2) is 12.1 Å². The fourth-order valence-electron chi connectivity index (χ4n) is 1.95. The molecular weight excluding hydrogens is 246 g/mol. The number of methoxy groups -OCH3 is 3. The summed E-state index contributed by atoms with van der Waals surface area (Å²) in [5.41, 5.74) is 0.807. The average Bonchev–Trinajstić information content (AvgIpc) is 2.47. The van der Waals surface area contributed by atoms with Crippen LogP contribution in [0, 0.1) is 0 Å². The van der Waals surface area contributed by atoms with E-state index in [9.17, 15) is 5.11 Å². The van der Waals surface area contributed by atoms with Crippen molar-refractivity contribution in [2.24, 2.45) is 0 Å². The van der Waals surface area contributed by atoms with E-state index in [2.05, 4.69) is 12.2 Å². The number of nitrogens with one attached hydrogen (secondary N) is 1. The monoisotopic (exact) mass is 269 g/mol. The first-order valence-corrected chi connectivity index (χ1v) is 6.35. The van der Waals surface area contributed by atoms with Gasteiger partial charge in [0.05, 0.1) is 39.5 Å². The summed E-state index contributed by atoms with van der Waals surface area (Å²) in [6.07, 6.45) is 0.983. The van der Waals surface area contributed by atoms with Gasteiger partial charge in [-0.25, -0.2) is 0 Å². The Hall–Kier alpha value is -1.46. The van der Waals surface area contributed by atoms with E-state index in [1.165, 1.54) is 0 Å². The number of hydrogen-bond donors (Lipinski definition) is 2. The van der Waals surface area contributed by atoms with Gasteiger partial charge < -0.3 is 24.6 Å². The number of hydrogen-bond acceptors (Lipinski definition) is 5. The first kappa shape index (κ1) is 15.6. The molecule has 0 bridgehead atoms. The van der Waals surface area contributed by atoms with Crippen LogP contribution in [0.25, 0.3) is 0 Å². The minimum atomic E-state index is -0.226. The summed E-state index contributed by atoms with van der Waals surface area (Å²) in [5.74, 6) is 1.93. The molecule has 1 unspecified atom stereocenters. The maximum Gasteiger partial charge on any atom is 0.131 e. The molecule has 5 nitrogen and oxygen atoms in total. The molecule has 1 aromatic rings. The zero-order chi connectivity index (χ0) is 14.3. The van der Waals surface area contributed by atoms with Crippen LogP contribution >= 0.6 is 0 Å². The Balaban J connectivity index is 3.20. The molecule has 0 aromatic heterocycles. The number of aliphatic hydroxyl groups excluding tert-OH is 1. The molecule has 0 saturated carbocycles. The average molecular weight is 269 g/mol. The first-order chi connectivity index (χ1) is 9.21. The second-order valence-corrected chi connectivity index (χ2v) is 4.13. The molecule has 2 N–H and O–H groups in total. The third kappa shape index (κ3) is 3.75. The van der Waals surface area contributed by atoms with Crippen molar-refractivity contribution in [1.82, 2.24) is 5.32 Å². The first-order valence-electron chi connectivity index (χ1n) is 6.35. The molecule has 19 heavy (non-hydrogen) atoms. The predicted molar refractivity (Wildman–Crippen MR) is 74.2 cm³/mol. The van der Waals surface area contributed by atoms with Crippen molar-refractivity contribution in [3.63, 3.8) is 0 Å². The summed E-state index contributed by atoms with van der Waals surface area (Å²) in [6.45, 7) is 2.85. The van der Waals surface area contributed by atoms with E-state index in [-0.39, 0.29) is 12.6 Å². The number of ether oxygens (including phenoxy) is 3. The Morgan fingerprint density at radius 3 is 2.05 bits per heavy atom. The SMILES string of the molecule is CCCNC(CO)c1c(OC)cc(OC)cc1OC. The molecule has 0 radical (unpaired) electrons. The molecule has 0 saturated heterocycles. The lowest BCUT2D eigenvalue weighted by Crippen LogP contribution is -2.26. The maximum atomic E-state index is 9.57. The summed E-state index contributed by atoms with van der Waals surface area (Å²) in [4.78, 5) is 0. The van der Waals surface area contributed by atoms with Crippen molar-refractivity contribution < 1.29 is 19.3 Å². The van der Waals surface area contributed by atoms with Crippen LogP contribution in [0.4, 0.5) is 0 Å². The molecule has 108 valence electrons. The van der Waals surface area contributed by atoms with Crippen molar-refractivity contribution in [3.05, 3.63) is 17.7 Å². The maximum absolute atomic E-state index is 9.57. The molecule has 0 spiro atoms. The summed E-state index contributed by atoms with van der Waals surface area (Å²) in [6, 6.07) is 3.35. The molecular formula is C14H23NO4. The standard InChI is InChI=1S/C14H23NO4/c1-5-6-15-11(9-16)14-12(18-3)7-10(17-2)8-13(14)19-4/h7-8,11,15-16H,5-6,9H2,1-4H3. The lowest BCUT2D eigenvalue weighted by molar-refractivity contribution is 0.237. The Labute approximate surface area is 114 Å². The Bertz CT molecular complexity index is 370. The van der Waals surface area contributed by atoms with Gasteiger partial charge in [0.25, 0.3) is 0 Å². The van der Waals surface area contributed by atoms with Crippen molar-refractivity contribution in [1.29, 1.82) is 0 Å². The van der Waals surface area contributed by atoms with Crippen LogP contribution in [0.2, 0.25) is 0 Å². The van der Waals surface area contributed by atoms with Gasteiger partial charge in [0.15, 0.2) is 0 Å². The molecule has 0 amide bonds. The van der Waals surface area contributed by atoms with E-state index in [0.29, 0.717) is 17.2 Å². The highest BCUT2D eigenvalue weighted by molar-refractivity contribution is 5.52. The van der Waals surface area contributed by atoms with E-state index in [4.69, 9.17) is 14.2 Å². The largest absolute Gasteiger partial charge is 0.496 e. The van der Waals surface area contributed by atoms with E-state index in [1.807, 2.05) is 0 Å². The molecule has 0 aliphatic rings. The highest BCUT2D eigenvalue weighted by atomic mass is 16.5. The van der Waals surface area contributed by atoms with Gasteiger partial charge in [-0.15, -0.1) is 0 Å². The fraction of sp³-hybridized carbons (Fsp3) is 0.571. The highest BCUT2D eigenvalue weighted by Gasteiger charge is 2.21. The zero-order valence-corrected chi connectivity index (χ0v) is 12.0. The second-order valence-electron chi connectivity index (χ2n) is 4.13. The Morgan fingerprint density at radius 1 is 1.11 bits per heavy atom. The molecule has 1 atom stereocenters. The van der Waals surface area contributed by atoms with Crippen LogP contribution in [0.3, 0.4) is 0 Å². The molecule has 0 aliphatic heterocycles. The Kier molecular flexibility index (Phi) is 6.45. The topological polar surface area (TPSA) is 60.0 Å². The van der Waals surface area contributed by atoms with Crippen LogP contribution in [0.1, 0.15) is 24.9 Å². The summed E-state index contributed by atoms with van der Waals surface area (Å²) in [5, 5.41) is 12.8. The third-order valence-electron chi connectivity index (χ3n) is 2.92. The number of aliphatic hydroxyl groups is 1. The van der Waals surface area contributed by atoms with Gasteiger partial charge in [-0.3, -0.25) is 0 Å². The minimum absolute atomic E-state index is 0.0287. The van der Waals surface area contributed by atoms with E-state index >= 15 is 0 Å². The highest BCUT2D eigenvalue weighted by Crippen LogP contribution is 2.38. The molecule has 0 aliphatic carbocycles. The van der Waals surface area contributed by atoms with Crippen LogP contribution in [-0.4, -0.2) is 39.6 Å². The van der Waals surface area contributed by atoms with Gasteiger partial charge in [-0.1, -0.05) is 6.92 Å². The van der Waals surface area contributed by atoms with E-state index in [0.717, 1.165) is 18.5 Å². The van der Waals surface area contributed by atoms with Gasteiger partial charge in [0.2, 0.25) is 0 Å². The molecule has 5 heteroatoms. The normalized spacial score (nSPS) is 12.1. The zero-order valence-electron chi connectivity index (χ0n) is 12.0. The minimum Gasteiger partial charge on any atom is -0.496 e. The van der Waals surface area contributed by atoms with E-state index < -0.39 is 0 Å². The van der Waals surface area contributed by atoms with Crippen molar-refractivity contribution in [3.8, 4) is 17.2 Å². The molecule has 1 rings (SSSR count). The fourth-order valence-corrected chi connectivity index (χ4v) is 1.95. The summed E-state index contributed by atoms with van der Waals surface area (Å²) in [7, 11) is 4.77. The Morgan fingerprint density at radius 2 is 1.68 bits per heavy atom. The smallest absolute Gasteiger partial charge is 0.131 e. The molecule has 0 heterocycles. The van der Waals surface area contributed by atoms with Gasteiger partial charge in [0, 0.05) is 12.1 Å². The van der Waals surface area contributed by atoms with Gasteiger partial charge in [-0.2, -0.15) is 0 Å². The predicted octanol–water partition coefficient (Wildman–Crippen LogP) is 1.75. The van der Waals surface area contributed by atoms with Gasteiger partial charge >= 0.3 is 0 Å². The van der Waals surface area contributed by atoms with Crippen LogP contribution < -0.4 is 19.5 Å². The lowest BCUT2D eigenvalue weighted by Gasteiger charge is -2.22. The van der Waals surface area contributed by atoms with Crippen molar-refractivity contribution in [2.75, 3.05) is 34.5 Å². The second kappa shape index (κ2) is 7.86.